The Labute approximate surface area is 88.4 Å². The summed E-state index contributed by atoms with van der Waals surface area (Å²) in [7, 11) is 1.76. The van der Waals surface area contributed by atoms with E-state index in [4.69, 9.17) is 4.74 Å². The van der Waals surface area contributed by atoms with Crippen molar-refractivity contribution in [3.63, 3.8) is 0 Å². The van der Waals surface area contributed by atoms with Gasteiger partial charge < -0.3 is 10.1 Å². The van der Waals surface area contributed by atoms with Crippen LogP contribution in [0.3, 0.4) is 0 Å². The van der Waals surface area contributed by atoms with E-state index in [9.17, 15) is 0 Å². The van der Waals surface area contributed by atoms with Gasteiger partial charge >= 0.3 is 0 Å². The van der Waals surface area contributed by atoms with Crippen LogP contribution in [0.4, 0.5) is 0 Å². The largest absolute Gasteiger partial charge is 0.383 e. The number of rotatable bonds is 8. The van der Waals surface area contributed by atoms with Gasteiger partial charge in [0.05, 0.1) is 6.61 Å². The van der Waals surface area contributed by atoms with E-state index in [-0.39, 0.29) is 0 Å². The molecule has 0 aromatic heterocycles. The second-order valence-electron chi connectivity index (χ2n) is 4.72. The highest BCUT2D eigenvalue weighted by Gasteiger charge is 2.45. The second kappa shape index (κ2) is 5.72. The minimum atomic E-state index is 0.643. The first-order valence-corrected chi connectivity index (χ1v) is 5.95. The van der Waals surface area contributed by atoms with Gasteiger partial charge in [-0.3, -0.25) is 0 Å². The average molecular weight is 199 g/mol. The molecule has 1 aliphatic carbocycles. The molecule has 0 spiro atoms. The van der Waals surface area contributed by atoms with Crippen molar-refractivity contribution >= 4 is 0 Å². The van der Waals surface area contributed by atoms with Crippen LogP contribution in [0.5, 0.6) is 0 Å². The minimum Gasteiger partial charge on any atom is -0.383 e. The molecule has 0 heterocycles. The highest BCUT2D eigenvalue weighted by atomic mass is 16.5. The first kappa shape index (κ1) is 12.0. The van der Waals surface area contributed by atoms with Gasteiger partial charge in [0, 0.05) is 20.2 Å². The highest BCUT2D eigenvalue weighted by molar-refractivity contribution is 4.98. The fraction of sp³-hybridized carbons (Fsp3) is 1.00. The van der Waals surface area contributed by atoms with E-state index in [0.717, 1.165) is 19.1 Å². The highest BCUT2D eigenvalue weighted by Crippen LogP contribution is 2.52. The quantitative estimate of drug-likeness (QED) is 0.606. The van der Waals surface area contributed by atoms with Crippen LogP contribution in [0.1, 0.15) is 39.5 Å². The van der Waals surface area contributed by atoms with Crippen LogP contribution < -0.4 is 5.32 Å². The van der Waals surface area contributed by atoms with Gasteiger partial charge in [-0.15, -0.1) is 0 Å². The van der Waals surface area contributed by atoms with E-state index < -0.39 is 0 Å². The number of hydrogen-bond donors (Lipinski definition) is 1. The topological polar surface area (TPSA) is 21.3 Å². The van der Waals surface area contributed by atoms with Crippen molar-refractivity contribution in [1.82, 2.24) is 5.32 Å². The van der Waals surface area contributed by atoms with Gasteiger partial charge in [-0.25, -0.2) is 0 Å². The summed E-state index contributed by atoms with van der Waals surface area (Å²) in [4.78, 5) is 0. The van der Waals surface area contributed by atoms with E-state index >= 15 is 0 Å². The number of hydrogen-bond acceptors (Lipinski definition) is 2. The summed E-state index contributed by atoms with van der Waals surface area (Å²) in [6.45, 7) is 7.71. The molecule has 1 saturated carbocycles. The second-order valence-corrected chi connectivity index (χ2v) is 4.72. The summed E-state index contributed by atoms with van der Waals surface area (Å²) in [6, 6.07) is 0. The van der Waals surface area contributed by atoms with E-state index in [2.05, 4.69) is 19.2 Å². The summed E-state index contributed by atoms with van der Waals surface area (Å²) >= 11 is 0. The Morgan fingerprint density at radius 1 is 1.43 bits per heavy atom. The molecule has 1 atom stereocenters. The number of nitrogens with one attached hydrogen (secondary N) is 1. The van der Waals surface area contributed by atoms with E-state index in [1.165, 1.54) is 32.2 Å². The van der Waals surface area contributed by atoms with Gasteiger partial charge in [0.15, 0.2) is 0 Å². The zero-order valence-electron chi connectivity index (χ0n) is 9.94. The van der Waals surface area contributed by atoms with Crippen molar-refractivity contribution in [2.45, 2.75) is 39.5 Å². The molecule has 84 valence electrons. The summed E-state index contributed by atoms with van der Waals surface area (Å²) in [6.07, 6.45) is 5.55. The smallest absolute Gasteiger partial charge is 0.0587 e. The third-order valence-electron chi connectivity index (χ3n) is 3.62. The van der Waals surface area contributed by atoms with Crippen LogP contribution in [-0.4, -0.2) is 26.8 Å². The first-order valence-electron chi connectivity index (χ1n) is 5.95. The number of methoxy groups -OCH3 is 1. The molecule has 1 unspecified atom stereocenters. The van der Waals surface area contributed by atoms with Gasteiger partial charge in [-0.05, 0) is 24.2 Å². The lowest BCUT2D eigenvalue weighted by atomic mass is 9.87. The Balaban J connectivity index is 2.15. The van der Waals surface area contributed by atoms with Crippen LogP contribution >= 0.6 is 0 Å². The molecule has 0 radical (unpaired) electrons. The normalized spacial score (nSPS) is 20.8. The van der Waals surface area contributed by atoms with Gasteiger partial charge in [0.25, 0.3) is 0 Å². The predicted octanol–water partition coefficient (Wildman–Crippen LogP) is 2.44. The van der Waals surface area contributed by atoms with Crippen molar-refractivity contribution in [3.8, 4) is 0 Å². The maximum atomic E-state index is 5.02. The molecule has 1 aliphatic rings. The van der Waals surface area contributed by atoms with Crippen LogP contribution in [0.2, 0.25) is 0 Å². The fourth-order valence-electron chi connectivity index (χ4n) is 2.26. The Morgan fingerprint density at radius 2 is 2.14 bits per heavy atom. The molecule has 0 aromatic carbocycles. The van der Waals surface area contributed by atoms with Crippen molar-refractivity contribution < 1.29 is 4.74 Å². The van der Waals surface area contributed by atoms with Crippen LogP contribution in [-0.2, 0) is 4.74 Å². The standard InChI is InChI=1S/C12H25NO/c1-4-5-11(2)12(6-7-12)10-13-8-9-14-3/h11,13H,4-10H2,1-3H3. The maximum absolute atomic E-state index is 5.02. The van der Waals surface area contributed by atoms with Crippen LogP contribution in [0.25, 0.3) is 0 Å². The molecule has 0 saturated heterocycles. The number of ether oxygens (including phenoxy) is 1. The molecule has 2 nitrogen and oxygen atoms in total. The lowest BCUT2D eigenvalue weighted by Crippen LogP contribution is -2.30. The summed E-state index contributed by atoms with van der Waals surface area (Å²) in [5.41, 5.74) is 0.643. The van der Waals surface area contributed by atoms with Crippen LogP contribution in [0, 0.1) is 11.3 Å². The summed E-state index contributed by atoms with van der Waals surface area (Å²) in [5.74, 6) is 0.891. The van der Waals surface area contributed by atoms with E-state index in [0.29, 0.717) is 5.41 Å². The third kappa shape index (κ3) is 3.25. The fourth-order valence-corrected chi connectivity index (χ4v) is 2.26. The molecule has 1 rings (SSSR count). The molecule has 0 aromatic rings. The van der Waals surface area contributed by atoms with Crippen molar-refractivity contribution in [1.29, 1.82) is 0 Å². The molecule has 0 amide bonds. The van der Waals surface area contributed by atoms with E-state index in [1.54, 1.807) is 7.11 Å². The molecule has 0 aliphatic heterocycles. The lowest BCUT2D eigenvalue weighted by Gasteiger charge is -2.23. The monoisotopic (exact) mass is 199 g/mol. The molecule has 2 heteroatoms. The predicted molar refractivity (Wildman–Crippen MR) is 60.5 cm³/mol. The SMILES string of the molecule is CCCC(C)C1(CNCCOC)CC1. The van der Waals surface area contributed by atoms with Gasteiger partial charge in [-0.2, -0.15) is 0 Å². The van der Waals surface area contributed by atoms with Gasteiger partial charge in [0.2, 0.25) is 0 Å². The van der Waals surface area contributed by atoms with E-state index in [1.807, 2.05) is 0 Å². The molecular weight excluding hydrogens is 174 g/mol. The van der Waals surface area contributed by atoms with Crippen molar-refractivity contribution in [2.75, 3.05) is 26.8 Å². The van der Waals surface area contributed by atoms with Gasteiger partial charge in [0.1, 0.15) is 0 Å². The van der Waals surface area contributed by atoms with Crippen molar-refractivity contribution in [2.24, 2.45) is 11.3 Å². The molecule has 1 fully saturated rings. The zero-order chi connectivity index (χ0) is 10.4. The molecule has 1 N–H and O–H groups in total. The van der Waals surface area contributed by atoms with Crippen LogP contribution in [0.15, 0.2) is 0 Å². The summed E-state index contributed by atoms with van der Waals surface area (Å²) < 4.78 is 5.02. The first-order chi connectivity index (χ1) is 6.75. The van der Waals surface area contributed by atoms with Crippen molar-refractivity contribution in [3.05, 3.63) is 0 Å². The molecule has 0 bridgehead atoms. The van der Waals surface area contributed by atoms with Gasteiger partial charge in [-0.1, -0.05) is 26.7 Å². The molecule has 14 heavy (non-hydrogen) atoms. The average Bonchev–Trinajstić information content (AvgIpc) is 2.94. The third-order valence-corrected chi connectivity index (χ3v) is 3.62. The Kier molecular flexibility index (Phi) is 4.90. The minimum absolute atomic E-state index is 0.643. The maximum Gasteiger partial charge on any atom is 0.0587 e. The Hall–Kier alpha value is -0.0800. The Bertz CT molecular complexity index is 154. The Morgan fingerprint density at radius 3 is 2.64 bits per heavy atom. The lowest BCUT2D eigenvalue weighted by molar-refractivity contribution is 0.193. The zero-order valence-corrected chi connectivity index (χ0v) is 9.94. The summed E-state index contributed by atoms with van der Waals surface area (Å²) in [5, 5.41) is 3.50. The molecular formula is C12H25NO.